The van der Waals surface area contributed by atoms with E-state index >= 15 is 0 Å². The van der Waals surface area contributed by atoms with E-state index in [0.717, 1.165) is 29.5 Å². The van der Waals surface area contributed by atoms with Crippen LogP contribution >= 0.6 is 0 Å². The summed E-state index contributed by atoms with van der Waals surface area (Å²) >= 11 is 0. The summed E-state index contributed by atoms with van der Waals surface area (Å²) < 4.78 is 5.16. The first-order valence-corrected chi connectivity index (χ1v) is 8.97. The Kier molecular flexibility index (Phi) is 7.29. The Bertz CT molecular complexity index is 804. The van der Waals surface area contributed by atoms with E-state index in [2.05, 4.69) is 5.32 Å². The molecule has 0 radical (unpaired) electrons. The van der Waals surface area contributed by atoms with Crippen molar-refractivity contribution < 1.29 is 19.1 Å². The van der Waals surface area contributed by atoms with Crippen molar-refractivity contribution in [2.24, 2.45) is 0 Å². The van der Waals surface area contributed by atoms with Crippen LogP contribution in [0.2, 0.25) is 0 Å². The first-order chi connectivity index (χ1) is 12.8. The molecule has 0 spiro atoms. The molecule has 0 saturated carbocycles. The summed E-state index contributed by atoms with van der Waals surface area (Å²) in [5, 5.41) is 2.75. The fourth-order valence-corrected chi connectivity index (χ4v) is 2.80. The van der Waals surface area contributed by atoms with Gasteiger partial charge in [-0.05, 0) is 44.4 Å². The van der Waals surface area contributed by atoms with E-state index in [4.69, 9.17) is 4.74 Å². The molecule has 2 aromatic rings. The zero-order valence-electron chi connectivity index (χ0n) is 16.0. The van der Waals surface area contributed by atoms with Crippen LogP contribution in [0.5, 0.6) is 0 Å². The number of esters is 1. The number of aryl methyl sites for hydroxylation is 3. The van der Waals surface area contributed by atoms with Crippen LogP contribution in [0, 0.1) is 13.8 Å². The predicted octanol–water partition coefficient (Wildman–Crippen LogP) is 3.41. The largest absolute Gasteiger partial charge is 0.454 e. The number of hydrogen-bond donors (Lipinski definition) is 1. The first-order valence-electron chi connectivity index (χ1n) is 8.97. The van der Waals surface area contributed by atoms with Gasteiger partial charge in [-0.2, -0.15) is 0 Å². The van der Waals surface area contributed by atoms with Gasteiger partial charge < -0.3 is 10.1 Å². The van der Waals surface area contributed by atoms with Crippen LogP contribution < -0.4 is 5.32 Å². The summed E-state index contributed by atoms with van der Waals surface area (Å²) in [7, 11) is 0. The van der Waals surface area contributed by atoms with Crippen molar-refractivity contribution >= 4 is 17.7 Å². The second-order valence-corrected chi connectivity index (χ2v) is 6.66. The van der Waals surface area contributed by atoms with Gasteiger partial charge in [0.15, 0.2) is 12.4 Å². The van der Waals surface area contributed by atoms with Gasteiger partial charge in [-0.25, -0.2) is 4.79 Å². The van der Waals surface area contributed by atoms with E-state index in [0.29, 0.717) is 17.7 Å². The van der Waals surface area contributed by atoms with Gasteiger partial charge >= 0.3 is 5.97 Å². The number of benzene rings is 2. The molecule has 0 aliphatic carbocycles. The Labute approximate surface area is 159 Å². The molecular weight excluding hydrogens is 342 g/mol. The minimum atomic E-state index is -0.496. The van der Waals surface area contributed by atoms with Gasteiger partial charge in [-0.3, -0.25) is 9.59 Å². The lowest BCUT2D eigenvalue weighted by Gasteiger charge is -2.07. The summed E-state index contributed by atoms with van der Waals surface area (Å²) in [4.78, 5) is 35.2. The van der Waals surface area contributed by atoms with Crippen molar-refractivity contribution in [2.45, 2.75) is 33.6 Å². The molecule has 2 rings (SSSR count). The standard InChI is InChI=1S/C22H25NO4/c1-15-11-16(2)13-20(12-15)22(26)27-14-21(25)19-8-6-18(7-9-19)5-4-10-23-17(3)24/h6-9,11-13H,4-5,10,14H2,1-3H3,(H,23,24). The van der Waals surface area contributed by atoms with E-state index in [-0.39, 0.29) is 18.3 Å². The van der Waals surface area contributed by atoms with Gasteiger partial charge in [0.2, 0.25) is 5.91 Å². The lowest BCUT2D eigenvalue weighted by molar-refractivity contribution is -0.118. The molecule has 0 fully saturated rings. The van der Waals surface area contributed by atoms with Crippen LogP contribution in [0.1, 0.15) is 50.8 Å². The van der Waals surface area contributed by atoms with Crippen molar-refractivity contribution in [3.05, 3.63) is 70.3 Å². The minimum Gasteiger partial charge on any atom is -0.454 e. The smallest absolute Gasteiger partial charge is 0.338 e. The first kappa shape index (κ1) is 20.4. The van der Waals surface area contributed by atoms with Gasteiger partial charge in [0.1, 0.15) is 0 Å². The van der Waals surface area contributed by atoms with Crippen LogP contribution in [0.15, 0.2) is 42.5 Å². The monoisotopic (exact) mass is 367 g/mol. The van der Waals surface area contributed by atoms with Crippen molar-refractivity contribution in [1.82, 2.24) is 5.32 Å². The third-order valence-corrected chi connectivity index (χ3v) is 4.08. The SMILES string of the molecule is CC(=O)NCCCc1ccc(C(=O)COC(=O)c2cc(C)cc(C)c2)cc1. The van der Waals surface area contributed by atoms with Crippen molar-refractivity contribution in [3.63, 3.8) is 0 Å². The summed E-state index contributed by atoms with van der Waals surface area (Å²) in [5.74, 6) is -0.770. The molecular formula is C22H25NO4. The molecule has 2 aromatic carbocycles. The summed E-state index contributed by atoms with van der Waals surface area (Å²) in [6, 6.07) is 12.7. The van der Waals surface area contributed by atoms with Crippen molar-refractivity contribution in [2.75, 3.05) is 13.2 Å². The molecule has 0 aliphatic rings. The molecule has 27 heavy (non-hydrogen) atoms. The number of carbonyl (C=O) groups excluding carboxylic acids is 3. The molecule has 5 nitrogen and oxygen atoms in total. The van der Waals surface area contributed by atoms with Gasteiger partial charge in [-0.15, -0.1) is 0 Å². The minimum absolute atomic E-state index is 0.0358. The number of Topliss-reactive ketones (excluding diaryl/α,β-unsaturated/α-hetero) is 1. The van der Waals surface area contributed by atoms with Crippen LogP contribution in [0.3, 0.4) is 0 Å². The Morgan fingerprint density at radius 3 is 2.15 bits per heavy atom. The highest BCUT2D eigenvalue weighted by atomic mass is 16.5. The normalized spacial score (nSPS) is 10.3. The fraction of sp³-hybridized carbons (Fsp3) is 0.318. The van der Waals surface area contributed by atoms with E-state index in [1.807, 2.05) is 32.0 Å². The molecule has 0 aromatic heterocycles. The number of rotatable bonds is 8. The molecule has 5 heteroatoms. The summed E-state index contributed by atoms with van der Waals surface area (Å²) in [6.07, 6.45) is 1.65. The topological polar surface area (TPSA) is 72.5 Å². The molecule has 0 saturated heterocycles. The summed E-state index contributed by atoms with van der Waals surface area (Å²) in [6.45, 7) is 5.66. The fourth-order valence-electron chi connectivity index (χ4n) is 2.80. The molecule has 0 unspecified atom stereocenters. The average molecular weight is 367 g/mol. The van der Waals surface area contributed by atoms with Gasteiger partial charge in [0, 0.05) is 19.0 Å². The van der Waals surface area contributed by atoms with E-state index in [9.17, 15) is 14.4 Å². The average Bonchev–Trinajstić information content (AvgIpc) is 2.62. The molecule has 0 bridgehead atoms. The van der Waals surface area contributed by atoms with E-state index < -0.39 is 5.97 Å². The Hall–Kier alpha value is -2.95. The second-order valence-electron chi connectivity index (χ2n) is 6.66. The zero-order chi connectivity index (χ0) is 19.8. The number of nitrogens with one attached hydrogen (secondary N) is 1. The highest BCUT2D eigenvalue weighted by Crippen LogP contribution is 2.11. The lowest BCUT2D eigenvalue weighted by atomic mass is 10.1. The lowest BCUT2D eigenvalue weighted by Crippen LogP contribution is -2.21. The molecule has 1 N–H and O–H groups in total. The van der Waals surface area contributed by atoms with Gasteiger partial charge in [-0.1, -0.05) is 41.5 Å². The number of ketones is 1. The maximum absolute atomic E-state index is 12.2. The predicted molar refractivity (Wildman–Crippen MR) is 104 cm³/mol. The highest BCUT2D eigenvalue weighted by molar-refractivity contribution is 5.99. The van der Waals surface area contributed by atoms with Crippen molar-refractivity contribution in [1.29, 1.82) is 0 Å². The van der Waals surface area contributed by atoms with Gasteiger partial charge in [0.05, 0.1) is 5.56 Å². The number of amides is 1. The van der Waals surface area contributed by atoms with Crippen LogP contribution in [0.25, 0.3) is 0 Å². The van der Waals surface area contributed by atoms with E-state index in [1.165, 1.54) is 6.92 Å². The molecule has 0 atom stereocenters. The molecule has 0 heterocycles. The van der Waals surface area contributed by atoms with Crippen LogP contribution in [0.4, 0.5) is 0 Å². The zero-order valence-corrected chi connectivity index (χ0v) is 16.0. The maximum atomic E-state index is 12.2. The van der Waals surface area contributed by atoms with Crippen LogP contribution in [-0.2, 0) is 16.0 Å². The Morgan fingerprint density at radius 1 is 0.926 bits per heavy atom. The van der Waals surface area contributed by atoms with Crippen LogP contribution in [-0.4, -0.2) is 30.8 Å². The molecule has 142 valence electrons. The third kappa shape index (κ3) is 6.70. The Morgan fingerprint density at radius 2 is 1.56 bits per heavy atom. The molecule has 0 aliphatic heterocycles. The van der Waals surface area contributed by atoms with Crippen molar-refractivity contribution in [3.8, 4) is 0 Å². The number of ether oxygens (including phenoxy) is 1. The Balaban J connectivity index is 1.84. The number of hydrogen-bond acceptors (Lipinski definition) is 4. The highest BCUT2D eigenvalue weighted by Gasteiger charge is 2.12. The van der Waals surface area contributed by atoms with Gasteiger partial charge in [0.25, 0.3) is 0 Å². The molecule has 1 amide bonds. The summed E-state index contributed by atoms with van der Waals surface area (Å²) in [5.41, 5.74) is 4.00. The quantitative estimate of drug-likeness (QED) is 0.441. The second kappa shape index (κ2) is 9.67. The third-order valence-electron chi connectivity index (χ3n) is 4.08. The maximum Gasteiger partial charge on any atom is 0.338 e. The van der Waals surface area contributed by atoms with E-state index in [1.54, 1.807) is 24.3 Å². The number of carbonyl (C=O) groups is 3.